The molecule has 0 radical (unpaired) electrons. The van der Waals surface area contributed by atoms with Crippen LogP contribution in [0.15, 0.2) is 23.0 Å². The van der Waals surface area contributed by atoms with Crippen LogP contribution in [0.1, 0.15) is 53.4 Å². The first kappa shape index (κ1) is 16.6. The summed E-state index contributed by atoms with van der Waals surface area (Å²) in [6.07, 6.45) is 6.44. The van der Waals surface area contributed by atoms with E-state index in [4.69, 9.17) is 9.47 Å². The third kappa shape index (κ3) is 3.04. The van der Waals surface area contributed by atoms with Crippen LogP contribution < -0.4 is 0 Å². The fourth-order valence-corrected chi connectivity index (χ4v) is 4.29. The van der Waals surface area contributed by atoms with Crippen molar-refractivity contribution in [3.05, 3.63) is 23.0 Å². The SMILES string of the molecule is COCOCCC[C@@]12C=C(C)C(C)(C)[C@@H]1CC(O)=C(C)C2. The molecule has 2 aliphatic rings. The normalized spacial score (nSPS) is 31.3. The van der Waals surface area contributed by atoms with Crippen molar-refractivity contribution in [3.63, 3.8) is 0 Å². The third-order valence-electron chi connectivity index (χ3n) is 5.70. The van der Waals surface area contributed by atoms with Crippen molar-refractivity contribution in [1.29, 1.82) is 0 Å². The summed E-state index contributed by atoms with van der Waals surface area (Å²) in [6, 6.07) is 0. The van der Waals surface area contributed by atoms with Gasteiger partial charge < -0.3 is 14.6 Å². The quantitative estimate of drug-likeness (QED) is 0.442. The van der Waals surface area contributed by atoms with Gasteiger partial charge >= 0.3 is 0 Å². The molecule has 0 aromatic carbocycles. The zero-order valence-corrected chi connectivity index (χ0v) is 14.2. The van der Waals surface area contributed by atoms with Crippen LogP contribution in [0.3, 0.4) is 0 Å². The predicted molar refractivity (Wildman–Crippen MR) is 85.1 cm³/mol. The van der Waals surface area contributed by atoms with Crippen molar-refractivity contribution < 1.29 is 14.6 Å². The molecule has 2 aliphatic carbocycles. The van der Waals surface area contributed by atoms with Gasteiger partial charge in [-0.3, -0.25) is 0 Å². The molecule has 0 amide bonds. The summed E-state index contributed by atoms with van der Waals surface area (Å²) < 4.78 is 10.4. The van der Waals surface area contributed by atoms with E-state index >= 15 is 0 Å². The predicted octanol–water partition coefficient (Wildman–Crippen LogP) is 4.60. The van der Waals surface area contributed by atoms with Gasteiger partial charge in [0.2, 0.25) is 0 Å². The van der Waals surface area contributed by atoms with E-state index in [2.05, 4.69) is 33.8 Å². The van der Waals surface area contributed by atoms with E-state index in [0.717, 1.165) is 37.9 Å². The Labute approximate surface area is 129 Å². The van der Waals surface area contributed by atoms with Crippen LogP contribution in [0.5, 0.6) is 0 Å². The summed E-state index contributed by atoms with van der Waals surface area (Å²) in [6.45, 7) is 10.1. The lowest BCUT2D eigenvalue weighted by Gasteiger charge is -2.44. The summed E-state index contributed by atoms with van der Waals surface area (Å²) in [4.78, 5) is 0. The molecule has 0 aromatic rings. The Balaban J connectivity index is 2.13. The van der Waals surface area contributed by atoms with Gasteiger partial charge in [-0.15, -0.1) is 0 Å². The molecule has 0 fully saturated rings. The summed E-state index contributed by atoms with van der Waals surface area (Å²) in [5.74, 6) is 1.11. The first-order chi connectivity index (χ1) is 9.83. The average Bonchev–Trinajstić information content (AvgIpc) is 2.59. The highest BCUT2D eigenvalue weighted by Crippen LogP contribution is 2.61. The number of hydrogen-bond acceptors (Lipinski definition) is 3. The number of fused-ring (bicyclic) bond motifs is 1. The Morgan fingerprint density at radius 1 is 1.33 bits per heavy atom. The fraction of sp³-hybridized carbons (Fsp3) is 0.778. The standard InChI is InChI=1S/C18H30O3/c1-13-10-18(7-6-8-21-12-20-5)11-14(2)17(3,4)16(18)9-15(13)19/h11,16,19H,6-10,12H2,1-5H3/t16-,18+/m0/s1. The van der Waals surface area contributed by atoms with Crippen LogP contribution in [0.2, 0.25) is 0 Å². The Bertz CT molecular complexity index is 447. The summed E-state index contributed by atoms with van der Waals surface area (Å²) in [7, 11) is 1.65. The second kappa shape index (κ2) is 6.13. The zero-order chi connectivity index (χ0) is 15.7. The summed E-state index contributed by atoms with van der Waals surface area (Å²) in [5.41, 5.74) is 2.99. The van der Waals surface area contributed by atoms with Crippen LogP contribution in [0, 0.1) is 16.7 Å². The molecule has 2 atom stereocenters. The van der Waals surface area contributed by atoms with Gasteiger partial charge in [0, 0.05) is 20.1 Å². The van der Waals surface area contributed by atoms with Gasteiger partial charge in [-0.2, -0.15) is 0 Å². The second-order valence-corrected chi connectivity index (χ2v) is 7.36. The highest BCUT2D eigenvalue weighted by molar-refractivity contribution is 5.33. The molecular formula is C18H30O3. The van der Waals surface area contributed by atoms with Crippen LogP contribution in [0.4, 0.5) is 0 Å². The maximum absolute atomic E-state index is 10.2. The van der Waals surface area contributed by atoms with Crippen molar-refractivity contribution in [1.82, 2.24) is 0 Å². The molecule has 21 heavy (non-hydrogen) atoms. The van der Waals surface area contributed by atoms with E-state index in [1.165, 1.54) is 5.57 Å². The van der Waals surface area contributed by atoms with Gasteiger partial charge in [0.1, 0.15) is 6.79 Å². The Kier molecular flexibility index (Phi) is 4.84. The van der Waals surface area contributed by atoms with Gasteiger partial charge in [-0.25, -0.2) is 0 Å². The number of aliphatic hydroxyl groups excluding tert-OH is 1. The van der Waals surface area contributed by atoms with Gasteiger partial charge in [0.15, 0.2) is 0 Å². The van der Waals surface area contributed by atoms with E-state index in [1.54, 1.807) is 7.11 Å². The minimum absolute atomic E-state index is 0.169. The number of methoxy groups -OCH3 is 1. The summed E-state index contributed by atoms with van der Waals surface area (Å²) in [5, 5.41) is 10.2. The van der Waals surface area contributed by atoms with Crippen molar-refractivity contribution in [2.45, 2.75) is 53.4 Å². The van der Waals surface area contributed by atoms with Crippen LogP contribution in [-0.4, -0.2) is 25.6 Å². The van der Waals surface area contributed by atoms with Gasteiger partial charge in [0.25, 0.3) is 0 Å². The lowest BCUT2D eigenvalue weighted by atomic mass is 9.60. The Morgan fingerprint density at radius 3 is 2.71 bits per heavy atom. The first-order valence-electron chi connectivity index (χ1n) is 7.98. The molecule has 1 N–H and O–H groups in total. The summed E-state index contributed by atoms with van der Waals surface area (Å²) >= 11 is 0. The topological polar surface area (TPSA) is 38.7 Å². The average molecular weight is 294 g/mol. The molecule has 0 aromatic heterocycles. The molecule has 0 saturated carbocycles. The minimum atomic E-state index is 0.169. The molecule has 0 spiro atoms. The second-order valence-electron chi connectivity index (χ2n) is 7.36. The lowest BCUT2D eigenvalue weighted by Crippen LogP contribution is -2.37. The molecule has 0 heterocycles. The first-order valence-corrected chi connectivity index (χ1v) is 7.98. The Morgan fingerprint density at radius 2 is 2.05 bits per heavy atom. The maximum atomic E-state index is 10.2. The van der Waals surface area contributed by atoms with Crippen LogP contribution in [-0.2, 0) is 9.47 Å². The smallest absolute Gasteiger partial charge is 0.146 e. The monoisotopic (exact) mass is 294 g/mol. The highest BCUT2D eigenvalue weighted by atomic mass is 16.7. The zero-order valence-electron chi connectivity index (χ0n) is 14.2. The van der Waals surface area contributed by atoms with Gasteiger partial charge in [-0.05, 0) is 55.4 Å². The molecule has 0 saturated heterocycles. The molecular weight excluding hydrogens is 264 g/mol. The van der Waals surface area contributed by atoms with Crippen molar-refractivity contribution in [2.24, 2.45) is 16.7 Å². The lowest BCUT2D eigenvalue weighted by molar-refractivity contribution is -0.0350. The third-order valence-corrected chi connectivity index (χ3v) is 5.70. The van der Waals surface area contributed by atoms with Crippen LogP contribution in [0.25, 0.3) is 0 Å². The Hall–Kier alpha value is -0.800. The van der Waals surface area contributed by atoms with Gasteiger partial charge in [0.05, 0.1) is 5.76 Å². The van der Waals surface area contributed by atoms with Crippen molar-refractivity contribution >= 4 is 0 Å². The van der Waals surface area contributed by atoms with Gasteiger partial charge in [-0.1, -0.05) is 25.5 Å². The molecule has 0 aliphatic heterocycles. The minimum Gasteiger partial charge on any atom is -0.512 e. The van der Waals surface area contributed by atoms with E-state index < -0.39 is 0 Å². The van der Waals surface area contributed by atoms with E-state index in [0.29, 0.717) is 18.5 Å². The number of allylic oxidation sites excluding steroid dienone is 4. The number of aliphatic hydroxyl groups is 1. The van der Waals surface area contributed by atoms with Crippen molar-refractivity contribution in [3.8, 4) is 0 Å². The number of rotatable bonds is 6. The highest BCUT2D eigenvalue weighted by Gasteiger charge is 2.52. The van der Waals surface area contributed by atoms with E-state index in [1.807, 2.05) is 0 Å². The maximum Gasteiger partial charge on any atom is 0.146 e. The van der Waals surface area contributed by atoms with Crippen molar-refractivity contribution in [2.75, 3.05) is 20.5 Å². The van der Waals surface area contributed by atoms with Crippen LogP contribution >= 0.6 is 0 Å². The molecule has 2 rings (SSSR count). The molecule has 120 valence electrons. The molecule has 0 bridgehead atoms. The van der Waals surface area contributed by atoms with E-state index in [9.17, 15) is 5.11 Å². The molecule has 3 nitrogen and oxygen atoms in total. The van der Waals surface area contributed by atoms with E-state index in [-0.39, 0.29) is 10.8 Å². The molecule has 0 unspecified atom stereocenters. The largest absolute Gasteiger partial charge is 0.512 e. The molecule has 3 heteroatoms. The fourth-order valence-electron chi connectivity index (χ4n) is 4.29. The number of hydrogen-bond donors (Lipinski definition) is 1. The number of ether oxygens (including phenoxy) is 2.